The number of fused-ring (bicyclic) bond motifs is 3. The summed E-state index contributed by atoms with van der Waals surface area (Å²) in [5, 5.41) is 31.6. The van der Waals surface area contributed by atoms with Gasteiger partial charge in [-0.25, -0.2) is 9.97 Å². The highest BCUT2D eigenvalue weighted by molar-refractivity contribution is 7.98. The van der Waals surface area contributed by atoms with Crippen molar-refractivity contribution in [3.05, 3.63) is 18.6 Å². The number of aryl methyl sites for hydroxylation is 1. The van der Waals surface area contributed by atoms with Crippen molar-refractivity contribution in [3.63, 3.8) is 0 Å². The fourth-order valence-corrected chi connectivity index (χ4v) is 3.93. The Kier molecular flexibility index (Phi) is 3.77. The topological polar surface area (TPSA) is 106 Å². The van der Waals surface area contributed by atoms with Crippen molar-refractivity contribution in [2.24, 2.45) is 7.05 Å². The quantitative estimate of drug-likeness (QED) is 0.459. The van der Waals surface area contributed by atoms with Gasteiger partial charge in [-0.2, -0.15) is 0 Å². The summed E-state index contributed by atoms with van der Waals surface area (Å²) in [6.45, 7) is -0.364. The Labute approximate surface area is 141 Å². The van der Waals surface area contributed by atoms with E-state index in [1.807, 2.05) is 30.1 Å². The van der Waals surface area contributed by atoms with Gasteiger partial charge >= 0.3 is 0 Å². The molecule has 0 aromatic carbocycles. The third-order valence-corrected chi connectivity index (χ3v) is 5.23. The molecule has 0 aliphatic carbocycles. The number of aliphatic hydroxyl groups is 3. The molecule has 3 aromatic rings. The van der Waals surface area contributed by atoms with Gasteiger partial charge in [0.2, 0.25) is 0 Å². The Hall–Kier alpha value is -1.65. The highest BCUT2D eigenvalue weighted by Gasteiger charge is 2.44. The van der Waals surface area contributed by atoms with Crippen molar-refractivity contribution in [1.82, 2.24) is 19.1 Å². The van der Waals surface area contributed by atoms with Crippen LogP contribution in [-0.4, -0.2) is 65.6 Å². The summed E-state index contributed by atoms with van der Waals surface area (Å²) in [5.74, 6) is 0. The number of aromatic nitrogens is 4. The molecule has 0 unspecified atom stereocenters. The van der Waals surface area contributed by atoms with Gasteiger partial charge in [-0.15, -0.1) is 11.8 Å². The third kappa shape index (κ3) is 2.02. The van der Waals surface area contributed by atoms with Crippen LogP contribution in [0.2, 0.25) is 0 Å². The van der Waals surface area contributed by atoms with Crippen molar-refractivity contribution < 1.29 is 20.1 Å². The number of aliphatic hydroxyl groups excluding tert-OH is 3. The third-order valence-electron chi connectivity index (χ3n) is 4.53. The first-order valence-electron chi connectivity index (χ1n) is 7.54. The molecule has 9 heteroatoms. The average molecular weight is 350 g/mol. The highest BCUT2D eigenvalue weighted by atomic mass is 32.2. The molecule has 1 aliphatic heterocycles. The largest absolute Gasteiger partial charge is 0.394 e. The molecular formula is C15H18N4O4S. The summed E-state index contributed by atoms with van der Waals surface area (Å²) >= 11 is 1.52. The predicted octanol–water partition coefficient (Wildman–Crippen LogP) is 0.256. The second kappa shape index (κ2) is 5.71. The molecule has 128 valence electrons. The van der Waals surface area contributed by atoms with Crippen LogP contribution in [0.4, 0.5) is 0 Å². The predicted molar refractivity (Wildman–Crippen MR) is 88.8 cm³/mol. The van der Waals surface area contributed by atoms with Gasteiger partial charge in [-0.05, 0) is 12.3 Å². The maximum absolute atomic E-state index is 10.4. The zero-order chi connectivity index (χ0) is 17.0. The Morgan fingerprint density at radius 3 is 2.75 bits per heavy atom. The SMILES string of the molecule is CSc1ncnc2c1c1c(ccn1C)n2[C@@H]1O[C@H](CO)[C@@H](O)[C@H]1O. The number of thioether (sulfide) groups is 1. The molecule has 0 amide bonds. The van der Waals surface area contributed by atoms with Crippen molar-refractivity contribution in [1.29, 1.82) is 0 Å². The smallest absolute Gasteiger partial charge is 0.165 e. The van der Waals surface area contributed by atoms with E-state index in [1.54, 1.807) is 4.57 Å². The molecule has 24 heavy (non-hydrogen) atoms. The van der Waals surface area contributed by atoms with Gasteiger partial charge in [0, 0.05) is 13.2 Å². The Morgan fingerprint density at radius 1 is 1.29 bits per heavy atom. The van der Waals surface area contributed by atoms with E-state index in [0.29, 0.717) is 5.65 Å². The summed E-state index contributed by atoms with van der Waals surface area (Å²) in [5.41, 5.74) is 2.40. The van der Waals surface area contributed by atoms with Gasteiger partial charge < -0.3 is 24.6 Å². The summed E-state index contributed by atoms with van der Waals surface area (Å²) < 4.78 is 9.46. The van der Waals surface area contributed by atoms with Crippen LogP contribution in [0, 0.1) is 0 Å². The zero-order valence-electron chi connectivity index (χ0n) is 13.2. The van der Waals surface area contributed by atoms with Gasteiger partial charge in [0.25, 0.3) is 0 Å². The minimum absolute atomic E-state index is 0.364. The second-order valence-electron chi connectivity index (χ2n) is 5.84. The van der Waals surface area contributed by atoms with Gasteiger partial charge in [0.15, 0.2) is 6.23 Å². The normalized spacial score (nSPS) is 27.5. The molecule has 3 N–H and O–H groups in total. The van der Waals surface area contributed by atoms with Crippen molar-refractivity contribution in [2.75, 3.05) is 12.9 Å². The fraction of sp³-hybridized carbons (Fsp3) is 0.467. The van der Waals surface area contributed by atoms with Gasteiger partial charge in [0.1, 0.15) is 35.3 Å². The van der Waals surface area contributed by atoms with Gasteiger partial charge in [-0.3, -0.25) is 4.57 Å². The van der Waals surface area contributed by atoms with E-state index >= 15 is 0 Å². The molecule has 1 saturated heterocycles. The molecule has 1 fully saturated rings. The van der Waals surface area contributed by atoms with Crippen LogP contribution in [0.5, 0.6) is 0 Å². The Balaban J connectivity index is 2.01. The molecule has 4 heterocycles. The minimum atomic E-state index is -1.16. The number of nitrogens with zero attached hydrogens (tertiary/aromatic N) is 4. The second-order valence-corrected chi connectivity index (χ2v) is 6.64. The van der Waals surface area contributed by atoms with Crippen molar-refractivity contribution in [3.8, 4) is 0 Å². The van der Waals surface area contributed by atoms with Crippen LogP contribution < -0.4 is 0 Å². The lowest BCUT2D eigenvalue weighted by Gasteiger charge is -2.18. The van der Waals surface area contributed by atoms with E-state index in [1.165, 1.54) is 18.1 Å². The maximum atomic E-state index is 10.4. The number of rotatable bonds is 3. The standard InChI is InChI=1S/C15H18N4O4S/c1-18-4-3-7-10(18)9-13(16-6-17-14(9)24-2)19(7)15-12(22)11(21)8(5-20)23-15/h3-4,6,8,11-12,15,20-22H,5H2,1-2H3/t8-,11-,12-,15-/m1/s1. The summed E-state index contributed by atoms with van der Waals surface area (Å²) in [7, 11) is 1.93. The summed E-state index contributed by atoms with van der Waals surface area (Å²) in [6, 6.07) is 1.91. The van der Waals surface area contributed by atoms with E-state index in [-0.39, 0.29) is 6.61 Å². The molecular weight excluding hydrogens is 332 g/mol. The molecule has 3 aromatic heterocycles. The summed E-state index contributed by atoms with van der Waals surface area (Å²) in [4.78, 5) is 8.72. The highest BCUT2D eigenvalue weighted by Crippen LogP contribution is 2.39. The van der Waals surface area contributed by atoms with Crippen LogP contribution in [0.25, 0.3) is 22.1 Å². The molecule has 0 spiro atoms. The van der Waals surface area contributed by atoms with Crippen LogP contribution >= 0.6 is 11.8 Å². The van der Waals surface area contributed by atoms with Gasteiger partial charge in [-0.1, -0.05) is 0 Å². The maximum Gasteiger partial charge on any atom is 0.165 e. The Bertz CT molecular complexity index is 908. The first-order valence-corrected chi connectivity index (χ1v) is 8.77. The van der Waals surface area contributed by atoms with Crippen LogP contribution in [-0.2, 0) is 11.8 Å². The first-order chi connectivity index (χ1) is 11.6. The molecule has 8 nitrogen and oxygen atoms in total. The van der Waals surface area contributed by atoms with Crippen molar-refractivity contribution in [2.45, 2.75) is 29.6 Å². The fourth-order valence-electron chi connectivity index (χ4n) is 3.39. The van der Waals surface area contributed by atoms with Gasteiger partial charge in [0.05, 0.1) is 23.0 Å². The van der Waals surface area contributed by atoms with E-state index < -0.39 is 24.5 Å². The molecule has 4 atom stereocenters. The molecule has 0 bridgehead atoms. The monoisotopic (exact) mass is 350 g/mol. The Morgan fingerprint density at radius 2 is 2.08 bits per heavy atom. The van der Waals surface area contributed by atoms with Crippen molar-refractivity contribution >= 4 is 33.8 Å². The van der Waals surface area contributed by atoms with Crippen LogP contribution in [0.3, 0.4) is 0 Å². The van der Waals surface area contributed by atoms with Crippen LogP contribution in [0.15, 0.2) is 23.6 Å². The number of hydrogen-bond donors (Lipinski definition) is 3. The zero-order valence-corrected chi connectivity index (χ0v) is 14.0. The lowest BCUT2D eigenvalue weighted by molar-refractivity contribution is -0.0489. The summed E-state index contributed by atoms with van der Waals surface area (Å²) in [6.07, 6.45) is 1.36. The average Bonchev–Trinajstić information content (AvgIpc) is 3.21. The molecule has 1 aliphatic rings. The number of hydrogen-bond acceptors (Lipinski definition) is 7. The number of ether oxygens (including phenoxy) is 1. The van der Waals surface area contributed by atoms with Crippen LogP contribution in [0.1, 0.15) is 6.23 Å². The van der Waals surface area contributed by atoms with E-state index in [2.05, 4.69) is 9.97 Å². The first kappa shape index (κ1) is 15.9. The molecule has 0 radical (unpaired) electrons. The lowest BCUT2D eigenvalue weighted by Crippen LogP contribution is -2.33. The minimum Gasteiger partial charge on any atom is -0.394 e. The van der Waals surface area contributed by atoms with E-state index in [9.17, 15) is 15.3 Å². The van der Waals surface area contributed by atoms with E-state index in [0.717, 1.165) is 21.4 Å². The lowest BCUT2D eigenvalue weighted by atomic mass is 10.1. The molecule has 4 rings (SSSR count). The molecule has 0 saturated carbocycles. The van der Waals surface area contributed by atoms with E-state index in [4.69, 9.17) is 4.74 Å².